The van der Waals surface area contributed by atoms with E-state index in [2.05, 4.69) is 41.8 Å². The number of carbonyl (C=O) groups excluding carboxylic acids is 2. The molecule has 2 aliphatic rings. The maximum atomic E-state index is 13.7. The molecule has 5 nitrogen and oxygen atoms in total. The van der Waals surface area contributed by atoms with E-state index in [1.165, 1.54) is 33.1 Å². The summed E-state index contributed by atoms with van der Waals surface area (Å²) < 4.78 is 0. The molecule has 0 bridgehead atoms. The SMILES string of the molecule is Cc1ccc(N2C(=O)C(c3cccs3)=C(N3CCN(c4cccc(C)c4C)CC3)C2=O)cc1. The minimum absolute atomic E-state index is 0.229. The number of amides is 2. The van der Waals surface area contributed by atoms with Gasteiger partial charge in [-0.05, 0) is 61.5 Å². The van der Waals surface area contributed by atoms with Gasteiger partial charge in [0.1, 0.15) is 5.70 Å². The molecule has 0 N–H and O–H groups in total. The van der Waals surface area contributed by atoms with Crippen molar-refractivity contribution in [3.8, 4) is 0 Å². The number of hydrogen-bond donors (Lipinski definition) is 0. The third-order valence-electron chi connectivity index (χ3n) is 6.63. The Morgan fingerprint density at radius 3 is 2.12 bits per heavy atom. The molecular weight excluding hydrogens is 430 g/mol. The van der Waals surface area contributed by atoms with Gasteiger partial charge in [-0.15, -0.1) is 11.3 Å². The molecule has 0 radical (unpaired) electrons. The molecule has 0 unspecified atom stereocenters. The standard InChI is InChI=1S/C27H27N3O2S/c1-18-9-11-21(12-10-18)30-26(31)24(23-8-5-17-33-23)25(27(30)32)29-15-13-28(14-16-29)22-7-4-6-19(2)20(22)3/h4-12,17H,13-16H2,1-3H3. The molecule has 0 saturated carbocycles. The van der Waals surface area contributed by atoms with Gasteiger partial charge >= 0.3 is 0 Å². The lowest BCUT2D eigenvalue weighted by molar-refractivity contribution is -0.120. The van der Waals surface area contributed by atoms with E-state index in [1.54, 1.807) is 0 Å². The summed E-state index contributed by atoms with van der Waals surface area (Å²) in [5.74, 6) is -0.467. The van der Waals surface area contributed by atoms with Gasteiger partial charge in [0.15, 0.2) is 0 Å². The van der Waals surface area contributed by atoms with E-state index in [9.17, 15) is 9.59 Å². The van der Waals surface area contributed by atoms with Crippen LogP contribution < -0.4 is 9.80 Å². The van der Waals surface area contributed by atoms with Crippen LogP contribution in [0.1, 0.15) is 21.6 Å². The first-order chi connectivity index (χ1) is 16.0. The Bertz CT molecular complexity index is 1240. The Balaban J connectivity index is 1.46. The van der Waals surface area contributed by atoms with Crippen molar-refractivity contribution in [2.24, 2.45) is 0 Å². The van der Waals surface area contributed by atoms with E-state index in [0.717, 1.165) is 23.5 Å². The summed E-state index contributed by atoms with van der Waals surface area (Å²) >= 11 is 1.50. The van der Waals surface area contributed by atoms with Crippen LogP contribution in [0.4, 0.5) is 11.4 Å². The molecule has 1 saturated heterocycles. The molecule has 2 amide bonds. The zero-order valence-electron chi connectivity index (χ0n) is 19.2. The first-order valence-electron chi connectivity index (χ1n) is 11.3. The van der Waals surface area contributed by atoms with Crippen LogP contribution in [0.25, 0.3) is 5.57 Å². The monoisotopic (exact) mass is 457 g/mol. The van der Waals surface area contributed by atoms with Crippen LogP contribution in [0.15, 0.2) is 65.7 Å². The molecule has 168 valence electrons. The largest absolute Gasteiger partial charge is 0.368 e. The molecule has 0 aliphatic carbocycles. The summed E-state index contributed by atoms with van der Waals surface area (Å²) in [7, 11) is 0. The number of rotatable bonds is 4. The molecule has 0 atom stereocenters. The fourth-order valence-corrected chi connectivity index (χ4v) is 5.39. The van der Waals surface area contributed by atoms with E-state index < -0.39 is 0 Å². The Morgan fingerprint density at radius 1 is 0.758 bits per heavy atom. The lowest BCUT2D eigenvalue weighted by Crippen LogP contribution is -2.48. The van der Waals surface area contributed by atoms with E-state index in [0.29, 0.717) is 30.0 Å². The summed E-state index contributed by atoms with van der Waals surface area (Å²) in [6, 6.07) is 17.8. The zero-order chi connectivity index (χ0) is 23.1. The zero-order valence-corrected chi connectivity index (χ0v) is 20.0. The lowest BCUT2D eigenvalue weighted by atomic mass is 10.1. The minimum atomic E-state index is -0.238. The van der Waals surface area contributed by atoms with Gasteiger partial charge in [-0.2, -0.15) is 0 Å². The predicted octanol–water partition coefficient (Wildman–Crippen LogP) is 4.78. The fraction of sp³-hybridized carbons (Fsp3) is 0.259. The summed E-state index contributed by atoms with van der Waals surface area (Å²) in [4.78, 5) is 33.8. The molecule has 3 heterocycles. The highest BCUT2D eigenvalue weighted by Gasteiger charge is 2.43. The van der Waals surface area contributed by atoms with Gasteiger partial charge in [0.05, 0.1) is 11.3 Å². The highest BCUT2D eigenvalue weighted by atomic mass is 32.1. The number of carbonyl (C=O) groups is 2. The number of hydrogen-bond acceptors (Lipinski definition) is 5. The molecule has 1 aromatic heterocycles. The number of imide groups is 1. The van der Waals surface area contributed by atoms with Crippen LogP contribution in [-0.4, -0.2) is 42.9 Å². The summed E-state index contributed by atoms with van der Waals surface area (Å²) in [5.41, 5.74) is 6.59. The van der Waals surface area contributed by atoms with Crippen LogP contribution >= 0.6 is 11.3 Å². The Morgan fingerprint density at radius 2 is 1.45 bits per heavy atom. The number of piperazine rings is 1. The van der Waals surface area contributed by atoms with Crippen molar-refractivity contribution in [2.45, 2.75) is 20.8 Å². The highest BCUT2D eigenvalue weighted by molar-refractivity contribution is 7.11. The smallest absolute Gasteiger partial charge is 0.282 e. The van der Waals surface area contributed by atoms with Gasteiger partial charge in [0.25, 0.3) is 11.8 Å². The molecule has 3 aromatic rings. The molecule has 2 aromatic carbocycles. The maximum Gasteiger partial charge on any atom is 0.282 e. The number of aryl methyl sites for hydroxylation is 2. The minimum Gasteiger partial charge on any atom is -0.368 e. The molecule has 0 spiro atoms. The maximum absolute atomic E-state index is 13.7. The van der Waals surface area contributed by atoms with Crippen molar-refractivity contribution in [3.63, 3.8) is 0 Å². The second-order valence-corrected chi connectivity index (χ2v) is 9.62. The summed E-state index contributed by atoms with van der Waals surface area (Å²) in [5, 5.41) is 1.95. The van der Waals surface area contributed by atoms with Gasteiger partial charge in [0.2, 0.25) is 0 Å². The number of benzene rings is 2. The van der Waals surface area contributed by atoms with Gasteiger partial charge in [-0.3, -0.25) is 9.59 Å². The molecular formula is C27H27N3O2S. The molecule has 1 fully saturated rings. The van der Waals surface area contributed by atoms with E-state index >= 15 is 0 Å². The van der Waals surface area contributed by atoms with E-state index in [4.69, 9.17) is 0 Å². The van der Waals surface area contributed by atoms with Crippen LogP contribution in [0.2, 0.25) is 0 Å². The third-order valence-corrected chi connectivity index (χ3v) is 7.52. The van der Waals surface area contributed by atoms with Crippen LogP contribution in [-0.2, 0) is 9.59 Å². The van der Waals surface area contributed by atoms with Crippen molar-refractivity contribution in [2.75, 3.05) is 36.0 Å². The third kappa shape index (κ3) is 3.74. The van der Waals surface area contributed by atoms with E-state index in [-0.39, 0.29) is 11.8 Å². The van der Waals surface area contributed by atoms with Crippen molar-refractivity contribution < 1.29 is 9.59 Å². The average molecular weight is 458 g/mol. The fourth-order valence-electron chi connectivity index (χ4n) is 4.63. The van der Waals surface area contributed by atoms with Gasteiger partial charge in [-0.1, -0.05) is 35.9 Å². The Kier molecular flexibility index (Phi) is 5.54. The lowest BCUT2D eigenvalue weighted by Gasteiger charge is -2.38. The van der Waals surface area contributed by atoms with Crippen molar-refractivity contribution in [1.82, 2.24) is 4.90 Å². The topological polar surface area (TPSA) is 43.9 Å². The van der Waals surface area contributed by atoms with Crippen molar-refractivity contribution >= 4 is 40.1 Å². The predicted molar refractivity (Wildman–Crippen MR) is 135 cm³/mol. The summed E-state index contributed by atoms with van der Waals surface area (Å²) in [6.45, 7) is 9.28. The van der Waals surface area contributed by atoms with Crippen molar-refractivity contribution in [1.29, 1.82) is 0 Å². The van der Waals surface area contributed by atoms with Crippen LogP contribution in [0, 0.1) is 20.8 Å². The van der Waals surface area contributed by atoms with Gasteiger partial charge in [0, 0.05) is 36.7 Å². The van der Waals surface area contributed by atoms with Crippen molar-refractivity contribution in [3.05, 3.63) is 87.2 Å². The highest BCUT2D eigenvalue weighted by Crippen LogP contribution is 2.37. The number of nitrogens with zero attached hydrogens (tertiary/aromatic N) is 3. The molecule has 2 aliphatic heterocycles. The van der Waals surface area contributed by atoms with Crippen LogP contribution in [0.3, 0.4) is 0 Å². The normalized spacial score (nSPS) is 16.9. The Labute approximate surface area is 198 Å². The number of thiophene rings is 1. The summed E-state index contributed by atoms with van der Waals surface area (Å²) in [6.07, 6.45) is 0. The number of anilines is 2. The second kappa shape index (κ2) is 8.52. The first kappa shape index (κ1) is 21.5. The van der Waals surface area contributed by atoms with Gasteiger partial charge in [-0.25, -0.2) is 4.90 Å². The average Bonchev–Trinajstić information content (AvgIpc) is 3.43. The molecule has 5 rings (SSSR count). The molecule has 33 heavy (non-hydrogen) atoms. The first-order valence-corrected chi connectivity index (χ1v) is 12.1. The molecule has 6 heteroatoms. The second-order valence-electron chi connectivity index (χ2n) is 8.68. The van der Waals surface area contributed by atoms with E-state index in [1.807, 2.05) is 48.7 Å². The Hall–Kier alpha value is -3.38. The quantitative estimate of drug-likeness (QED) is 0.529. The van der Waals surface area contributed by atoms with Crippen LogP contribution in [0.5, 0.6) is 0 Å². The van der Waals surface area contributed by atoms with Gasteiger partial charge < -0.3 is 9.80 Å².